The summed E-state index contributed by atoms with van der Waals surface area (Å²) in [5.41, 5.74) is -1.36. The van der Waals surface area contributed by atoms with Gasteiger partial charge in [-0.3, -0.25) is 0 Å². The number of esters is 3. The predicted octanol–water partition coefficient (Wildman–Crippen LogP) is 0.998. The van der Waals surface area contributed by atoms with Gasteiger partial charge in [-0.1, -0.05) is 6.92 Å². The Bertz CT molecular complexity index is 1580. The molecule has 3 aromatic rings. The second-order valence-electron chi connectivity index (χ2n) is 9.86. The number of carbonyl (C=O) groups is 3. The van der Waals surface area contributed by atoms with Gasteiger partial charge in [0.1, 0.15) is 18.8 Å². The fourth-order valence-electron chi connectivity index (χ4n) is 4.29. The number of rotatable bonds is 7. The lowest BCUT2D eigenvalue weighted by Gasteiger charge is -2.42. The van der Waals surface area contributed by atoms with E-state index in [2.05, 4.69) is 0 Å². The molecule has 5 atom stereocenters. The number of benzene rings is 3. The smallest absolute Gasteiger partial charge is 0.340 e. The lowest BCUT2D eigenvalue weighted by molar-refractivity contribution is -0.269. The van der Waals surface area contributed by atoms with E-state index in [-0.39, 0.29) is 0 Å². The van der Waals surface area contributed by atoms with Gasteiger partial charge < -0.3 is 70.0 Å². The molecule has 0 unspecified atom stereocenters. The highest BCUT2D eigenvalue weighted by Crippen LogP contribution is 2.39. The highest BCUT2D eigenvalue weighted by Gasteiger charge is 2.48. The van der Waals surface area contributed by atoms with Crippen molar-refractivity contribution in [2.45, 2.75) is 31.5 Å². The molecule has 240 valence electrons. The van der Waals surface area contributed by atoms with Crippen LogP contribution in [0.15, 0.2) is 36.4 Å². The predicted molar refractivity (Wildman–Crippen MR) is 143 cm³/mol. The van der Waals surface area contributed by atoms with Crippen molar-refractivity contribution in [1.82, 2.24) is 0 Å². The van der Waals surface area contributed by atoms with Crippen molar-refractivity contribution in [3.05, 3.63) is 53.1 Å². The van der Waals surface area contributed by atoms with Crippen LogP contribution in [0.25, 0.3) is 0 Å². The molecule has 1 heterocycles. The number of hydrogen-bond acceptors (Lipinski definition) is 17. The molecule has 17 heteroatoms. The summed E-state index contributed by atoms with van der Waals surface area (Å²) in [6.07, 6.45) is -6.81. The van der Waals surface area contributed by atoms with Gasteiger partial charge in [0.25, 0.3) is 0 Å². The van der Waals surface area contributed by atoms with E-state index in [1.54, 1.807) is 0 Å². The number of aromatic hydroxyl groups is 9. The Morgan fingerprint density at radius 1 is 0.622 bits per heavy atom. The molecule has 1 aliphatic heterocycles. The highest BCUT2D eigenvalue weighted by molar-refractivity contribution is 5.92. The van der Waals surface area contributed by atoms with Gasteiger partial charge >= 0.3 is 17.9 Å². The van der Waals surface area contributed by atoms with Crippen molar-refractivity contribution >= 4 is 17.9 Å². The molecular formula is C28H26O17. The van der Waals surface area contributed by atoms with E-state index in [1.165, 1.54) is 6.92 Å². The number of ether oxygens (including phenoxy) is 4. The minimum atomic E-state index is -1.96. The van der Waals surface area contributed by atoms with Crippen molar-refractivity contribution in [2.75, 3.05) is 6.61 Å². The van der Waals surface area contributed by atoms with Gasteiger partial charge in [0, 0.05) is 5.92 Å². The number of aliphatic hydroxyl groups is 1. The maximum atomic E-state index is 12.9. The van der Waals surface area contributed by atoms with E-state index in [4.69, 9.17) is 18.9 Å². The zero-order chi connectivity index (χ0) is 33.3. The van der Waals surface area contributed by atoms with Gasteiger partial charge in [0.05, 0.1) is 16.7 Å². The summed E-state index contributed by atoms with van der Waals surface area (Å²) in [5, 5.41) is 98.0. The molecule has 45 heavy (non-hydrogen) atoms. The monoisotopic (exact) mass is 634 g/mol. The van der Waals surface area contributed by atoms with Gasteiger partial charge in [-0.25, -0.2) is 14.4 Å². The maximum Gasteiger partial charge on any atom is 0.340 e. The quantitative estimate of drug-likeness (QED) is 0.0984. The fraction of sp³-hybridized carbons (Fsp3) is 0.250. The number of carbonyl (C=O) groups excluding carboxylic acids is 3. The molecule has 10 N–H and O–H groups in total. The molecule has 0 radical (unpaired) electrons. The summed E-state index contributed by atoms with van der Waals surface area (Å²) in [5.74, 6) is -12.6. The van der Waals surface area contributed by atoms with Crippen LogP contribution in [0.3, 0.4) is 0 Å². The Morgan fingerprint density at radius 3 is 1.38 bits per heavy atom. The molecule has 0 bridgehead atoms. The van der Waals surface area contributed by atoms with Crippen LogP contribution in [0.5, 0.6) is 51.7 Å². The van der Waals surface area contributed by atoms with E-state index in [0.29, 0.717) is 0 Å². The summed E-state index contributed by atoms with van der Waals surface area (Å²) in [7, 11) is 0. The Hall–Kier alpha value is -5.81. The minimum Gasteiger partial charge on any atom is -0.504 e. The molecule has 0 aliphatic carbocycles. The Balaban J connectivity index is 1.59. The summed E-state index contributed by atoms with van der Waals surface area (Å²) in [4.78, 5) is 38.3. The van der Waals surface area contributed by atoms with Crippen LogP contribution in [0.1, 0.15) is 38.0 Å². The molecule has 0 aromatic heterocycles. The number of phenolic OH excluding ortho intramolecular Hbond substituents is 9. The SMILES string of the molecule is C[C@@H]1[C@H](OC(=O)c2cc(O)c(O)c(O)c2)[C@@H](O)[C@H](OC(=O)c2cc(O)c(O)c(O)c2)O[C@@H]1COC(=O)c1cc(O)c(O)c(O)c1. The van der Waals surface area contributed by atoms with Crippen molar-refractivity contribution < 1.29 is 84.4 Å². The Kier molecular flexibility index (Phi) is 8.87. The van der Waals surface area contributed by atoms with Crippen LogP contribution in [-0.4, -0.2) is 100 Å². The van der Waals surface area contributed by atoms with Crippen molar-refractivity contribution in [1.29, 1.82) is 0 Å². The lowest BCUT2D eigenvalue weighted by atomic mass is 9.90. The van der Waals surface area contributed by atoms with E-state index in [9.17, 15) is 65.4 Å². The first-order valence-corrected chi connectivity index (χ1v) is 12.8. The molecule has 3 aromatic carbocycles. The number of aliphatic hydroxyl groups excluding tert-OH is 1. The first-order valence-electron chi connectivity index (χ1n) is 12.8. The Morgan fingerprint density at radius 2 is 0.978 bits per heavy atom. The molecular weight excluding hydrogens is 608 g/mol. The number of phenols is 9. The second kappa shape index (κ2) is 12.4. The van der Waals surface area contributed by atoms with Gasteiger partial charge in [0.2, 0.25) is 6.29 Å². The van der Waals surface area contributed by atoms with Crippen LogP contribution < -0.4 is 0 Å². The zero-order valence-electron chi connectivity index (χ0n) is 22.9. The van der Waals surface area contributed by atoms with Crippen molar-refractivity contribution in [3.63, 3.8) is 0 Å². The summed E-state index contributed by atoms with van der Waals surface area (Å²) < 4.78 is 21.3. The van der Waals surface area contributed by atoms with Crippen LogP contribution in [-0.2, 0) is 18.9 Å². The van der Waals surface area contributed by atoms with Gasteiger partial charge in [-0.15, -0.1) is 0 Å². The van der Waals surface area contributed by atoms with Crippen LogP contribution in [0, 0.1) is 5.92 Å². The fourth-order valence-corrected chi connectivity index (χ4v) is 4.29. The summed E-state index contributed by atoms with van der Waals surface area (Å²) >= 11 is 0. The van der Waals surface area contributed by atoms with Gasteiger partial charge in [0.15, 0.2) is 57.8 Å². The van der Waals surface area contributed by atoms with Crippen molar-refractivity contribution in [3.8, 4) is 51.7 Å². The first kappa shape index (κ1) is 32.1. The molecule has 0 saturated carbocycles. The highest BCUT2D eigenvalue weighted by atomic mass is 16.7. The van der Waals surface area contributed by atoms with Crippen LogP contribution >= 0.6 is 0 Å². The van der Waals surface area contributed by atoms with Crippen LogP contribution in [0.2, 0.25) is 0 Å². The third-order valence-corrected chi connectivity index (χ3v) is 6.79. The van der Waals surface area contributed by atoms with E-state index < -0.39 is 123 Å². The third kappa shape index (κ3) is 6.58. The lowest BCUT2D eigenvalue weighted by Crippen LogP contribution is -2.57. The van der Waals surface area contributed by atoms with E-state index in [1.807, 2.05) is 0 Å². The molecule has 0 amide bonds. The molecule has 1 saturated heterocycles. The largest absolute Gasteiger partial charge is 0.504 e. The van der Waals surface area contributed by atoms with Crippen LogP contribution in [0.4, 0.5) is 0 Å². The molecule has 17 nitrogen and oxygen atoms in total. The maximum absolute atomic E-state index is 12.9. The molecule has 4 rings (SSSR count). The minimum absolute atomic E-state index is 0.392. The van der Waals surface area contributed by atoms with Gasteiger partial charge in [-0.2, -0.15) is 0 Å². The second-order valence-corrected chi connectivity index (χ2v) is 9.86. The van der Waals surface area contributed by atoms with Gasteiger partial charge in [-0.05, 0) is 36.4 Å². The molecule has 1 fully saturated rings. The standard InChI is InChI=1S/C28H26O17/c1-9-19(8-42-25(39)10-2-13(29)20(35)14(30)3-10)43-28(45-27(41)12-6-17(33)22(37)18(34)7-12)23(38)24(9)44-26(40)11-4-15(31)21(36)16(32)5-11/h2-7,9,19,23-24,28-38H,8H2,1H3/t9-,19+,23+,24-,28-/m0/s1. The normalized spacial score (nSPS) is 21.1. The first-order chi connectivity index (χ1) is 21.1. The summed E-state index contributed by atoms with van der Waals surface area (Å²) in [6, 6.07) is 4.59. The Labute approximate surface area is 251 Å². The number of hydrogen-bond donors (Lipinski definition) is 10. The summed E-state index contributed by atoms with van der Waals surface area (Å²) in [6.45, 7) is 0.719. The van der Waals surface area contributed by atoms with E-state index in [0.717, 1.165) is 36.4 Å². The van der Waals surface area contributed by atoms with E-state index >= 15 is 0 Å². The average molecular weight is 634 g/mol. The third-order valence-electron chi connectivity index (χ3n) is 6.79. The topological polar surface area (TPSA) is 290 Å². The molecule has 0 spiro atoms. The zero-order valence-corrected chi connectivity index (χ0v) is 22.9. The molecule has 1 aliphatic rings. The van der Waals surface area contributed by atoms with Crippen molar-refractivity contribution in [2.24, 2.45) is 5.92 Å². The average Bonchev–Trinajstić information content (AvgIpc) is 2.99.